The maximum atomic E-state index is 13.3. The first kappa shape index (κ1) is 32.9. The normalized spacial score (nSPS) is 35.7. The van der Waals surface area contributed by atoms with Crippen molar-refractivity contribution in [2.45, 2.75) is 124 Å². The zero-order valence-corrected chi connectivity index (χ0v) is 26.8. The van der Waals surface area contributed by atoms with E-state index in [9.17, 15) is 4.79 Å². The van der Waals surface area contributed by atoms with Crippen LogP contribution in [0.2, 0.25) is 0 Å². The van der Waals surface area contributed by atoms with E-state index in [1.165, 1.54) is 57.8 Å². The Morgan fingerprint density at radius 2 is 1.63 bits per heavy atom. The highest BCUT2D eigenvalue weighted by atomic mass is 16.2. The Kier molecular flexibility index (Phi) is 11.0. The maximum Gasteiger partial charge on any atom is 0.224 e. The summed E-state index contributed by atoms with van der Waals surface area (Å²) >= 11 is 0. The molecule has 8 nitrogen and oxygen atoms in total. The molecule has 3 saturated carbocycles. The third kappa shape index (κ3) is 7.38. The van der Waals surface area contributed by atoms with Crippen LogP contribution in [0.1, 0.15) is 112 Å². The minimum absolute atomic E-state index is 0.0853. The van der Waals surface area contributed by atoms with Gasteiger partial charge in [0.2, 0.25) is 5.91 Å². The molecule has 0 bridgehead atoms. The smallest absolute Gasteiger partial charge is 0.224 e. The van der Waals surface area contributed by atoms with E-state index in [1.807, 2.05) is 0 Å². The summed E-state index contributed by atoms with van der Waals surface area (Å²) in [7, 11) is 0. The quantitative estimate of drug-likeness (QED) is 0.142. The number of fused-ring (bicyclic) bond motifs is 5. The first-order valence-electron chi connectivity index (χ1n) is 16.8. The molecule has 0 spiro atoms. The van der Waals surface area contributed by atoms with Crippen LogP contribution in [0, 0.1) is 52.3 Å². The third-order valence-corrected chi connectivity index (χ3v) is 12.3. The maximum absolute atomic E-state index is 13.3. The summed E-state index contributed by atoms with van der Waals surface area (Å²) in [6, 6.07) is 0. The molecule has 0 heterocycles. The van der Waals surface area contributed by atoms with Crippen LogP contribution < -0.4 is 33.6 Å². The predicted molar refractivity (Wildman–Crippen MR) is 168 cm³/mol. The molecule has 0 aromatic heterocycles. The van der Waals surface area contributed by atoms with Gasteiger partial charge in [-0.1, -0.05) is 65.5 Å². The first-order chi connectivity index (χ1) is 19.3. The summed E-state index contributed by atoms with van der Waals surface area (Å²) in [4.78, 5) is 15.0. The van der Waals surface area contributed by atoms with Gasteiger partial charge < -0.3 is 27.8 Å². The van der Waals surface area contributed by atoms with Crippen molar-refractivity contribution in [1.29, 1.82) is 0 Å². The van der Waals surface area contributed by atoms with E-state index in [-0.39, 0.29) is 19.2 Å². The van der Waals surface area contributed by atoms with Gasteiger partial charge in [-0.05, 0) is 104 Å². The summed E-state index contributed by atoms with van der Waals surface area (Å²) in [6.07, 6.45) is 16.2. The fourth-order valence-electron chi connectivity index (χ4n) is 9.97. The SMILES string of the molecule is CC(C)CCCC(C)C1CCC2C3CC=C4CC(CC(=O)N(CNC(N)N)CNC(N)N)CCC4(C)C3CCC12C. The van der Waals surface area contributed by atoms with E-state index in [2.05, 4.69) is 51.3 Å². The van der Waals surface area contributed by atoms with Crippen molar-refractivity contribution in [3.63, 3.8) is 0 Å². The molecular formula is C33H63N7O. The number of nitrogens with zero attached hydrogens (tertiary/aromatic N) is 1. The van der Waals surface area contributed by atoms with E-state index in [0.717, 1.165) is 48.3 Å². The number of hydrogen-bond acceptors (Lipinski definition) is 7. The zero-order chi connectivity index (χ0) is 29.9. The standard InChI is InChI=1S/C33H63N7O/c1-21(2)7-6-8-22(3)26-11-12-27-25-10-9-24-17-23(13-15-32(24,4)28(25)14-16-33(26,27)5)18-29(41)40(19-38-30(34)35)20-39-31(36)37/h9,21-23,25-28,30-31,38-39H,6-8,10-20,34-37H2,1-5H3. The second-order valence-electron chi connectivity index (χ2n) is 15.3. The molecule has 8 atom stereocenters. The summed E-state index contributed by atoms with van der Waals surface area (Å²) in [5.74, 6) is 5.54. The molecule has 236 valence electrons. The van der Waals surface area contributed by atoms with Crippen molar-refractivity contribution in [2.75, 3.05) is 13.3 Å². The van der Waals surface area contributed by atoms with Gasteiger partial charge in [-0.3, -0.25) is 15.4 Å². The second kappa shape index (κ2) is 13.7. The van der Waals surface area contributed by atoms with Crippen molar-refractivity contribution in [2.24, 2.45) is 75.2 Å². The number of allylic oxidation sites excluding steroid dienone is 2. The van der Waals surface area contributed by atoms with Gasteiger partial charge in [0.25, 0.3) is 0 Å². The lowest BCUT2D eigenvalue weighted by atomic mass is 9.46. The lowest BCUT2D eigenvalue weighted by Gasteiger charge is -2.58. The predicted octanol–water partition coefficient (Wildman–Crippen LogP) is 4.36. The Morgan fingerprint density at radius 3 is 2.27 bits per heavy atom. The molecule has 4 aliphatic rings. The molecule has 0 radical (unpaired) electrons. The lowest BCUT2D eigenvalue weighted by Crippen LogP contribution is -2.56. The Hall–Kier alpha value is -1.03. The van der Waals surface area contributed by atoms with E-state index in [0.29, 0.717) is 23.2 Å². The van der Waals surface area contributed by atoms with E-state index in [1.54, 1.807) is 10.5 Å². The summed E-state index contributed by atoms with van der Waals surface area (Å²) in [5, 5.41) is 5.89. The van der Waals surface area contributed by atoms with Gasteiger partial charge in [0.15, 0.2) is 0 Å². The number of hydrogen-bond donors (Lipinski definition) is 6. The van der Waals surface area contributed by atoms with Crippen LogP contribution in [0.25, 0.3) is 0 Å². The van der Waals surface area contributed by atoms with Crippen LogP contribution in [0.5, 0.6) is 0 Å². The minimum Gasteiger partial charge on any atom is -0.317 e. The van der Waals surface area contributed by atoms with Gasteiger partial charge in [0.1, 0.15) is 12.6 Å². The number of carbonyl (C=O) groups excluding carboxylic acids is 1. The zero-order valence-electron chi connectivity index (χ0n) is 26.8. The summed E-state index contributed by atoms with van der Waals surface area (Å²) < 4.78 is 0. The molecule has 0 aromatic rings. The van der Waals surface area contributed by atoms with Crippen molar-refractivity contribution >= 4 is 5.91 Å². The molecule has 0 aliphatic heterocycles. The Bertz CT molecular complexity index is 894. The molecule has 4 rings (SSSR count). The highest BCUT2D eigenvalue weighted by molar-refractivity contribution is 5.76. The van der Waals surface area contributed by atoms with Gasteiger partial charge in [0, 0.05) is 6.42 Å². The Labute approximate surface area is 250 Å². The number of nitrogens with one attached hydrogen (secondary N) is 2. The fraction of sp³-hybridized carbons (Fsp3) is 0.909. The molecule has 8 unspecified atom stereocenters. The van der Waals surface area contributed by atoms with Gasteiger partial charge in [0.05, 0.1) is 13.3 Å². The molecular weight excluding hydrogens is 510 g/mol. The molecule has 10 N–H and O–H groups in total. The molecule has 0 saturated heterocycles. The largest absolute Gasteiger partial charge is 0.317 e. The van der Waals surface area contributed by atoms with Crippen molar-refractivity contribution in [3.8, 4) is 0 Å². The van der Waals surface area contributed by atoms with Crippen LogP contribution in [-0.2, 0) is 4.79 Å². The summed E-state index contributed by atoms with van der Waals surface area (Å²) in [6.45, 7) is 13.1. The topological polar surface area (TPSA) is 148 Å². The fourth-order valence-corrected chi connectivity index (χ4v) is 9.97. The molecule has 41 heavy (non-hydrogen) atoms. The summed E-state index contributed by atoms with van der Waals surface area (Å²) in [5.41, 5.74) is 25.1. The Balaban J connectivity index is 1.39. The van der Waals surface area contributed by atoms with Gasteiger partial charge in [-0.2, -0.15) is 0 Å². The monoisotopic (exact) mass is 574 g/mol. The highest BCUT2D eigenvalue weighted by Crippen LogP contribution is 2.67. The van der Waals surface area contributed by atoms with Crippen LogP contribution in [0.4, 0.5) is 0 Å². The number of amides is 1. The van der Waals surface area contributed by atoms with Crippen LogP contribution in [0.15, 0.2) is 11.6 Å². The number of nitrogens with two attached hydrogens (primary N) is 4. The Morgan fingerprint density at radius 1 is 0.951 bits per heavy atom. The van der Waals surface area contributed by atoms with Crippen molar-refractivity contribution < 1.29 is 4.79 Å². The van der Waals surface area contributed by atoms with Gasteiger partial charge in [-0.25, -0.2) is 0 Å². The van der Waals surface area contributed by atoms with E-state index >= 15 is 0 Å². The van der Waals surface area contributed by atoms with Crippen LogP contribution in [-0.4, -0.2) is 36.7 Å². The first-order valence-corrected chi connectivity index (χ1v) is 16.8. The van der Waals surface area contributed by atoms with Gasteiger partial charge >= 0.3 is 0 Å². The molecule has 4 aliphatic carbocycles. The van der Waals surface area contributed by atoms with Crippen molar-refractivity contribution in [3.05, 3.63) is 11.6 Å². The van der Waals surface area contributed by atoms with E-state index in [4.69, 9.17) is 22.9 Å². The average Bonchev–Trinajstić information content (AvgIpc) is 3.25. The van der Waals surface area contributed by atoms with Crippen LogP contribution in [0.3, 0.4) is 0 Å². The lowest BCUT2D eigenvalue weighted by molar-refractivity contribution is -0.133. The molecule has 0 aromatic carbocycles. The molecule has 1 amide bonds. The molecule has 8 heteroatoms. The van der Waals surface area contributed by atoms with Crippen LogP contribution >= 0.6 is 0 Å². The minimum atomic E-state index is -0.687. The van der Waals surface area contributed by atoms with Gasteiger partial charge in [-0.15, -0.1) is 0 Å². The molecule has 3 fully saturated rings. The third-order valence-electron chi connectivity index (χ3n) is 12.3. The number of carbonyl (C=O) groups is 1. The number of rotatable bonds is 13. The highest BCUT2D eigenvalue weighted by Gasteiger charge is 2.59. The van der Waals surface area contributed by atoms with E-state index < -0.39 is 12.6 Å². The van der Waals surface area contributed by atoms with Crippen molar-refractivity contribution in [1.82, 2.24) is 15.5 Å². The second-order valence-corrected chi connectivity index (χ2v) is 15.3. The average molecular weight is 574 g/mol.